The minimum Gasteiger partial charge on any atom is -0.377 e. The molecule has 0 aliphatic heterocycles. The molecular weight excluding hydrogens is 215 g/mol. The predicted octanol–water partition coefficient (Wildman–Crippen LogP) is 2.34. The summed E-state index contributed by atoms with van der Waals surface area (Å²) in [4.78, 5) is 0. The molecule has 0 bridgehead atoms. The zero-order valence-corrected chi connectivity index (χ0v) is 11.8. The van der Waals surface area contributed by atoms with E-state index in [9.17, 15) is 0 Å². The van der Waals surface area contributed by atoms with Crippen LogP contribution < -0.4 is 0 Å². The van der Waals surface area contributed by atoms with Gasteiger partial charge in [0.2, 0.25) is 0 Å². The van der Waals surface area contributed by atoms with Crippen LogP contribution in [0.2, 0.25) is 6.04 Å². The number of rotatable bonds is 9. The van der Waals surface area contributed by atoms with Crippen molar-refractivity contribution < 1.29 is 13.3 Å². The van der Waals surface area contributed by atoms with E-state index >= 15 is 0 Å². The molecule has 14 heavy (non-hydrogen) atoms. The molecule has 86 valence electrons. The van der Waals surface area contributed by atoms with Crippen molar-refractivity contribution in [2.24, 2.45) is 0 Å². The summed E-state index contributed by atoms with van der Waals surface area (Å²) in [6.45, 7) is 5.05. The lowest BCUT2D eigenvalue weighted by Crippen LogP contribution is -2.44. The fourth-order valence-electron chi connectivity index (χ4n) is 1.22. The van der Waals surface area contributed by atoms with Crippen molar-refractivity contribution in [3.8, 4) is 0 Å². The van der Waals surface area contributed by atoms with E-state index in [1.54, 1.807) is 14.2 Å². The predicted molar refractivity (Wildman–Crippen MR) is 64.5 cm³/mol. The molecule has 0 saturated heterocycles. The van der Waals surface area contributed by atoms with Crippen molar-refractivity contribution in [2.45, 2.75) is 25.8 Å². The summed E-state index contributed by atoms with van der Waals surface area (Å²) in [5, 5.41) is 0. The van der Waals surface area contributed by atoms with Gasteiger partial charge < -0.3 is 13.3 Å². The van der Waals surface area contributed by atoms with Crippen molar-refractivity contribution >= 4 is 17.4 Å². The molecule has 0 radical (unpaired) electrons. The maximum absolute atomic E-state index is 5.72. The van der Waals surface area contributed by atoms with Crippen LogP contribution in [0.5, 0.6) is 0 Å². The molecule has 0 N–H and O–H groups in total. The molecule has 3 nitrogen and oxygen atoms in total. The molecule has 0 rings (SSSR count). The summed E-state index contributed by atoms with van der Waals surface area (Å²) >= 11 is 0. The lowest BCUT2D eigenvalue weighted by Gasteiger charge is -2.26. The molecule has 0 aliphatic carbocycles. The second-order valence-corrected chi connectivity index (χ2v) is 7.33. The third-order valence-electron chi connectivity index (χ3n) is 2.06. The molecule has 0 fully saturated rings. The van der Waals surface area contributed by atoms with Crippen LogP contribution in [0.25, 0.3) is 0 Å². The van der Waals surface area contributed by atoms with Crippen LogP contribution in [0.15, 0.2) is 0 Å². The average Bonchev–Trinajstić information content (AvgIpc) is 2.24. The van der Waals surface area contributed by atoms with Crippen molar-refractivity contribution in [3.05, 3.63) is 0 Å². The van der Waals surface area contributed by atoms with Gasteiger partial charge in [0, 0.05) is 26.9 Å². The minimum atomic E-state index is -2.30. The Kier molecular flexibility index (Phi) is 9.14. The van der Waals surface area contributed by atoms with E-state index in [1.807, 2.05) is 0 Å². The molecule has 0 aliphatic rings. The highest BCUT2D eigenvalue weighted by molar-refractivity contribution is 7.36. The Morgan fingerprint density at radius 2 is 1.86 bits per heavy atom. The van der Waals surface area contributed by atoms with E-state index < -0.39 is 8.80 Å². The van der Waals surface area contributed by atoms with Crippen LogP contribution in [0, 0.1) is 0 Å². The lowest BCUT2D eigenvalue weighted by molar-refractivity contribution is 0.0982. The molecule has 5 heteroatoms. The van der Waals surface area contributed by atoms with Gasteiger partial charge in [-0.25, -0.2) is 0 Å². The summed E-state index contributed by atoms with van der Waals surface area (Å²) in [6.07, 6.45) is 3.40. The molecule has 0 saturated carbocycles. The fourth-order valence-corrected chi connectivity index (χ4v) is 4.18. The summed E-state index contributed by atoms with van der Waals surface area (Å²) in [5.74, 6) is 0. The Morgan fingerprint density at radius 3 is 2.29 bits per heavy atom. The number of hydrogen-bond donors (Lipinski definition) is 0. The Bertz CT molecular complexity index is 131. The van der Waals surface area contributed by atoms with E-state index in [1.165, 1.54) is 6.16 Å². The molecule has 0 aromatic rings. The van der Waals surface area contributed by atoms with E-state index in [-0.39, 0.29) is 0 Å². The molecule has 1 unspecified atom stereocenters. The topological polar surface area (TPSA) is 27.7 Å². The Balaban J connectivity index is 3.94. The van der Waals surface area contributed by atoms with E-state index in [2.05, 4.69) is 13.6 Å². The molecule has 1 atom stereocenters. The van der Waals surface area contributed by atoms with Gasteiger partial charge in [-0.2, -0.15) is 0 Å². The Hall–Kier alpha value is 0.527. The van der Waals surface area contributed by atoms with Gasteiger partial charge in [-0.05, 0) is 25.7 Å². The van der Waals surface area contributed by atoms with Crippen LogP contribution in [-0.2, 0) is 13.3 Å². The van der Waals surface area contributed by atoms with E-state index in [0.29, 0.717) is 0 Å². The third kappa shape index (κ3) is 5.42. The van der Waals surface area contributed by atoms with Crippen LogP contribution in [0.4, 0.5) is 0 Å². The van der Waals surface area contributed by atoms with Crippen LogP contribution in [-0.4, -0.2) is 42.5 Å². The van der Waals surface area contributed by atoms with Gasteiger partial charge in [0.1, 0.15) is 0 Å². The van der Waals surface area contributed by atoms with Crippen molar-refractivity contribution in [3.63, 3.8) is 0 Å². The van der Waals surface area contributed by atoms with Crippen molar-refractivity contribution in [1.82, 2.24) is 0 Å². The van der Waals surface area contributed by atoms with Crippen LogP contribution in [0.3, 0.4) is 0 Å². The first-order valence-electron chi connectivity index (χ1n) is 5.13. The standard InChI is InChI=1S/C9H23O3PSi/c1-5-7-12-14(10-2,11-3)9-6-8-13-4/h13H,5-9H2,1-4H3. The molecule has 0 aromatic carbocycles. The average molecular weight is 238 g/mol. The zero-order valence-electron chi connectivity index (χ0n) is 9.76. The highest BCUT2D eigenvalue weighted by Crippen LogP contribution is 2.19. The molecule has 0 amide bonds. The number of hydrogen-bond acceptors (Lipinski definition) is 3. The maximum Gasteiger partial charge on any atom is 0.500 e. The van der Waals surface area contributed by atoms with Crippen molar-refractivity contribution in [2.75, 3.05) is 33.7 Å². The zero-order chi connectivity index (χ0) is 10.9. The van der Waals surface area contributed by atoms with E-state index in [0.717, 1.165) is 34.1 Å². The Labute approximate surface area is 90.7 Å². The first-order valence-corrected chi connectivity index (χ1v) is 8.77. The highest BCUT2D eigenvalue weighted by atomic mass is 31.1. The fraction of sp³-hybridized carbons (Fsp3) is 1.00. The molecule has 0 heterocycles. The largest absolute Gasteiger partial charge is 0.500 e. The first-order chi connectivity index (χ1) is 6.74. The lowest BCUT2D eigenvalue weighted by atomic mass is 10.5. The van der Waals surface area contributed by atoms with Gasteiger partial charge >= 0.3 is 8.80 Å². The summed E-state index contributed by atoms with van der Waals surface area (Å²) in [6, 6.07) is 0.945. The highest BCUT2D eigenvalue weighted by Gasteiger charge is 2.37. The van der Waals surface area contributed by atoms with Gasteiger partial charge in [-0.1, -0.05) is 6.92 Å². The quantitative estimate of drug-likeness (QED) is 0.350. The second kappa shape index (κ2) is 8.80. The minimum absolute atomic E-state index is 0.738. The smallest absolute Gasteiger partial charge is 0.377 e. The van der Waals surface area contributed by atoms with Gasteiger partial charge in [-0.3, -0.25) is 0 Å². The van der Waals surface area contributed by atoms with Crippen LogP contribution in [0.1, 0.15) is 19.8 Å². The van der Waals surface area contributed by atoms with Gasteiger partial charge in [0.25, 0.3) is 0 Å². The molecule has 0 aromatic heterocycles. The molecular formula is C9H23O3PSi. The van der Waals surface area contributed by atoms with Gasteiger partial charge in [0.15, 0.2) is 0 Å². The monoisotopic (exact) mass is 238 g/mol. The third-order valence-corrected chi connectivity index (χ3v) is 5.77. The van der Waals surface area contributed by atoms with Gasteiger partial charge in [-0.15, -0.1) is 8.58 Å². The SMILES string of the molecule is CCCO[Si](CCCPC)(OC)OC. The maximum atomic E-state index is 5.72. The normalized spacial score (nSPS) is 12.9. The summed E-state index contributed by atoms with van der Waals surface area (Å²) in [5.41, 5.74) is 0. The summed E-state index contributed by atoms with van der Waals surface area (Å²) < 4.78 is 16.6. The summed E-state index contributed by atoms with van der Waals surface area (Å²) in [7, 11) is 2.10. The van der Waals surface area contributed by atoms with Gasteiger partial charge in [0.05, 0.1) is 0 Å². The molecule has 0 spiro atoms. The Morgan fingerprint density at radius 1 is 1.21 bits per heavy atom. The van der Waals surface area contributed by atoms with E-state index in [4.69, 9.17) is 13.3 Å². The first kappa shape index (κ1) is 14.5. The second-order valence-electron chi connectivity index (χ2n) is 3.15. The van der Waals surface area contributed by atoms with Crippen molar-refractivity contribution in [1.29, 1.82) is 0 Å². The van der Waals surface area contributed by atoms with Crippen LogP contribution >= 0.6 is 8.58 Å².